The number of hydrogen-bond acceptors (Lipinski definition) is 5. The van der Waals surface area contributed by atoms with Gasteiger partial charge < -0.3 is 24.4 Å². The van der Waals surface area contributed by atoms with E-state index in [2.05, 4.69) is 35.9 Å². The minimum absolute atomic E-state index is 0.370. The Morgan fingerprint density at radius 3 is 2.70 bits per heavy atom. The van der Waals surface area contributed by atoms with Crippen molar-refractivity contribution in [3.8, 4) is 0 Å². The van der Waals surface area contributed by atoms with Crippen molar-refractivity contribution in [1.82, 2.24) is 15.1 Å². The number of aliphatic imine (C=N–C) groups is 1. The van der Waals surface area contributed by atoms with E-state index in [-0.39, 0.29) is 0 Å². The van der Waals surface area contributed by atoms with Gasteiger partial charge in [-0.3, -0.25) is 9.89 Å². The Morgan fingerprint density at radius 1 is 1.26 bits per heavy atom. The normalized spacial score (nSPS) is 24.2. The third kappa shape index (κ3) is 7.56. The third-order valence-electron chi connectivity index (χ3n) is 5.41. The predicted octanol–water partition coefficient (Wildman–Crippen LogP) is 1.58. The number of nitrogens with zero attached hydrogens (tertiary/aromatic N) is 3. The van der Waals surface area contributed by atoms with E-state index in [9.17, 15) is 0 Å². The van der Waals surface area contributed by atoms with Crippen LogP contribution in [0.25, 0.3) is 0 Å². The van der Waals surface area contributed by atoms with Gasteiger partial charge in [0, 0.05) is 58.6 Å². The molecule has 2 atom stereocenters. The van der Waals surface area contributed by atoms with Crippen LogP contribution in [0.2, 0.25) is 0 Å². The number of rotatable bonds is 9. The molecule has 0 spiro atoms. The van der Waals surface area contributed by atoms with Crippen molar-refractivity contribution in [2.24, 2.45) is 4.99 Å². The Kier molecular flexibility index (Phi) is 10.4. The fourth-order valence-corrected chi connectivity index (χ4v) is 3.83. The van der Waals surface area contributed by atoms with Crippen LogP contribution < -0.4 is 5.32 Å². The molecule has 7 heteroatoms. The van der Waals surface area contributed by atoms with Crippen molar-refractivity contribution in [3.63, 3.8) is 0 Å². The SMILES string of the molecule is CCNC(=NCC(C)N1CCOCC1C)N1CCC(OCCCOC)CC1. The van der Waals surface area contributed by atoms with Gasteiger partial charge >= 0.3 is 0 Å². The first-order chi connectivity index (χ1) is 13.2. The molecule has 2 fully saturated rings. The van der Waals surface area contributed by atoms with Crippen molar-refractivity contribution in [2.75, 3.05) is 66.3 Å². The molecule has 2 aliphatic heterocycles. The van der Waals surface area contributed by atoms with Gasteiger partial charge in [0.15, 0.2) is 5.96 Å². The summed E-state index contributed by atoms with van der Waals surface area (Å²) in [5, 5.41) is 3.47. The van der Waals surface area contributed by atoms with E-state index in [1.807, 2.05) is 0 Å². The van der Waals surface area contributed by atoms with Gasteiger partial charge in [0.05, 0.1) is 25.9 Å². The molecular weight excluding hydrogens is 344 g/mol. The largest absolute Gasteiger partial charge is 0.385 e. The molecule has 1 N–H and O–H groups in total. The van der Waals surface area contributed by atoms with Crippen molar-refractivity contribution < 1.29 is 14.2 Å². The van der Waals surface area contributed by atoms with Crippen LogP contribution in [-0.4, -0.2) is 100 Å². The monoisotopic (exact) mass is 384 g/mol. The number of morpholine rings is 1. The molecule has 27 heavy (non-hydrogen) atoms. The average molecular weight is 385 g/mol. The molecular formula is C20H40N4O3. The highest BCUT2D eigenvalue weighted by atomic mass is 16.5. The van der Waals surface area contributed by atoms with Crippen molar-refractivity contribution in [1.29, 1.82) is 0 Å². The van der Waals surface area contributed by atoms with Gasteiger partial charge in [-0.2, -0.15) is 0 Å². The van der Waals surface area contributed by atoms with Gasteiger partial charge in [-0.05, 0) is 40.0 Å². The van der Waals surface area contributed by atoms with Crippen LogP contribution in [0.3, 0.4) is 0 Å². The van der Waals surface area contributed by atoms with Gasteiger partial charge in [0.25, 0.3) is 0 Å². The zero-order valence-electron chi connectivity index (χ0n) is 17.8. The summed E-state index contributed by atoms with van der Waals surface area (Å²) in [5.41, 5.74) is 0. The summed E-state index contributed by atoms with van der Waals surface area (Å²) in [7, 11) is 1.74. The van der Waals surface area contributed by atoms with E-state index in [4.69, 9.17) is 19.2 Å². The molecule has 7 nitrogen and oxygen atoms in total. The fourth-order valence-electron chi connectivity index (χ4n) is 3.83. The van der Waals surface area contributed by atoms with Crippen LogP contribution in [0.5, 0.6) is 0 Å². The first-order valence-electron chi connectivity index (χ1n) is 10.6. The molecule has 0 radical (unpaired) electrons. The number of methoxy groups -OCH3 is 1. The van der Waals surface area contributed by atoms with E-state index in [1.165, 1.54) is 0 Å². The van der Waals surface area contributed by atoms with Gasteiger partial charge in [0.2, 0.25) is 0 Å². The second kappa shape index (κ2) is 12.5. The lowest BCUT2D eigenvalue weighted by Crippen LogP contribution is -2.50. The van der Waals surface area contributed by atoms with Gasteiger partial charge in [-0.1, -0.05) is 0 Å². The molecule has 158 valence electrons. The molecule has 2 aliphatic rings. The minimum Gasteiger partial charge on any atom is -0.385 e. The lowest BCUT2D eigenvalue weighted by molar-refractivity contribution is -0.0166. The van der Waals surface area contributed by atoms with Crippen LogP contribution in [0, 0.1) is 0 Å². The predicted molar refractivity (Wildman–Crippen MR) is 109 cm³/mol. The molecule has 2 unspecified atom stereocenters. The Balaban J connectivity index is 1.79. The number of piperidine rings is 1. The number of likely N-dealkylation sites (tertiary alicyclic amines) is 1. The summed E-state index contributed by atoms with van der Waals surface area (Å²) in [5.74, 6) is 1.04. The molecule has 0 aromatic carbocycles. The van der Waals surface area contributed by atoms with Gasteiger partial charge in [0.1, 0.15) is 0 Å². The third-order valence-corrected chi connectivity index (χ3v) is 5.41. The van der Waals surface area contributed by atoms with Crippen LogP contribution in [-0.2, 0) is 14.2 Å². The summed E-state index contributed by atoms with van der Waals surface area (Å²) >= 11 is 0. The van der Waals surface area contributed by atoms with Crippen molar-refractivity contribution in [3.05, 3.63) is 0 Å². The molecule has 0 amide bonds. The number of guanidine groups is 1. The molecule has 2 rings (SSSR count). The average Bonchev–Trinajstić information content (AvgIpc) is 2.69. The van der Waals surface area contributed by atoms with Crippen LogP contribution in [0.4, 0.5) is 0 Å². The van der Waals surface area contributed by atoms with E-state index in [1.54, 1.807) is 7.11 Å². The Hall–Kier alpha value is -0.890. The van der Waals surface area contributed by atoms with Crippen LogP contribution in [0.1, 0.15) is 40.0 Å². The summed E-state index contributed by atoms with van der Waals surface area (Å²) in [6.45, 7) is 14.6. The maximum Gasteiger partial charge on any atom is 0.193 e. The van der Waals surface area contributed by atoms with E-state index in [0.717, 1.165) is 84.4 Å². The maximum atomic E-state index is 5.98. The summed E-state index contributed by atoms with van der Waals surface area (Å²) in [4.78, 5) is 9.84. The van der Waals surface area contributed by atoms with E-state index < -0.39 is 0 Å². The number of nitrogens with one attached hydrogen (secondary N) is 1. The fraction of sp³-hybridized carbons (Fsp3) is 0.950. The standard InChI is InChI=1S/C20H40N4O3/c1-5-21-20(22-15-17(2)24-11-14-26-16-18(24)3)23-9-7-19(8-10-23)27-13-6-12-25-4/h17-19H,5-16H2,1-4H3,(H,21,22). The minimum atomic E-state index is 0.370. The maximum absolute atomic E-state index is 5.98. The second-order valence-corrected chi connectivity index (χ2v) is 7.61. The first-order valence-corrected chi connectivity index (χ1v) is 10.6. The zero-order valence-corrected chi connectivity index (χ0v) is 17.8. The van der Waals surface area contributed by atoms with E-state index in [0.29, 0.717) is 18.2 Å². The molecule has 2 heterocycles. The molecule has 0 saturated carbocycles. The first kappa shape index (κ1) is 22.4. The highest BCUT2D eigenvalue weighted by molar-refractivity contribution is 5.80. The van der Waals surface area contributed by atoms with Crippen LogP contribution >= 0.6 is 0 Å². The molecule has 0 aromatic rings. The van der Waals surface area contributed by atoms with Crippen molar-refractivity contribution in [2.45, 2.75) is 58.2 Å². The second-order valence-electron chi connectivity index (χ2n) is 7.61. The topological polar surface area (TPSA) is 58.6 Å². The number of ether oxygens (including phenoxy) is 3. The quantitative estimate of drug-likeness (QED) is 0.370. The summed E-state index contributed by atoms with van der Waals surface area (Å²) in [6, 6.07) is 0.900. The Bertz CT molecular complexity index is 427. The molecule has 2 saturated heterocycles. The lowest BCUT2D eigenvalue weighted by Gasteiger charge is -2.38. The lowest BCUT2D eigenvalue weighted by atomic mass is 10.1. The van der Waals surface area contributed by atoms with Gasteiger partial charge in [-0.25, -0.2) is 0 Å². The van der Waals surface area contributed by atoms with Crippen molar-refractivity contribution >= 4 is 5.96 Å². The van der Waals surface area contributed by atoms with Crippen LogP contribution in [0.15, 0.2) is 4.99 Å². The molecule has 0 bridgehead atoms. The Labute approximate surface area is 165 Å². The zero-order chi connectivity index (χ0) is 19.5. The number of hydrogen-bond donors (Lipinski definition) is 1. The molecule has 0 aromatic heterocycles. The Morgan fingerprint density at radius 2 is 2.04 bits per heavy atom. The smallest absolute Gasteiger partial charge is 0.193 e. The highest BCUT2D eigenvalue weighted by Crippen LogP contribution is 2.15. The highest BCUT2D eigenvalue weighted by Gasteiger charge is 2.25. The summed E-state index contributed by atoms with van der Waals surface area (Å²) in [6.07, 6.45) is 3.47. The van der Waals surface area contributed by atoms with E-state index >= 15 is 0 Å². The molecule has 0 aliphatic carbocycles. The summed E-state index contributed by atoms with van der Waals surface area (Å²) < 4.78 is 16.6. The van der Waals surface area contributed by atoms with Gasteiger partial charge in [-0.15, -0.1) is 0 Å².